The lowest BCUT2D eigenvalue weighted by atomic mass is 10.1. The van der Waals surface area contributed by atoms with E-state index < -0.39 is 0 Å². The summed E-state index contributed by atoms with van der Waals surface area (Å²) in [5.41, 5.74) is 1.51. The van der Waals surface area contributed by atoms with Crippen LogP contribution in [0.2, 0.25) is 5.02 Å². The SMILES string of the molecule is CC(=O)Nc1ccc(NC(=O)COc2ccc(Cl)cc2C(C)=O)cc1. The number of ether oxygens (including phenoxy) is 1. The van der Waals surface area contributed by atoms with Crippen LogP contribution in [0.3, 0.4) is 0 Å². The van der Waals surface area contributed by atoms with E-state index in [2.05, 4.69) is 10.6 Å². The first-order valence-electron chi connectivity index (χ1n) is 7.46. The van der Waals surface area contributed by atoms with Gasteiger partial charge in [-0.25, -0.2) is 0 Å². The molecule has 0 radical (unpaired) electrons. The van der Waals surface area contributed by atoms with Crippen molar-refractivity contribution in [1.82, 2.24) is 0 Å². The fraction of sp³-hybridized carbons (Fsp3) is 0.167. The van der Waals surface area contributed by atoms with Gasteiger partial charge in [0.05, 0.1) is 5.56 Å². The average Bonchev–Trinajstić information content (AvgIpc) is 2.55. The van der Waals surface area contributed by atoms with Gasteiger partial charge >= 0.3 is 0 Å². The standard InChI is InChI=1S/C18H17ClN2O4/c1-11(22)16-9-13(19)3-8-17(16)25-10-18(24)21-15-6-4-14(5-7-15)20-12(2)23/h3-9H,10H2,1-2H3,(H,20,23)(H,21,24). The van der Waals surface area contributed by atoms with E-state index in [9.17, 15) is 14.4 Å². The second kappa shape index (κ2) is 8.30. The Bertz CT molecular complexity index is 803. The molecule has 2 rings (SSSR count). The van der Waals surface area contributed by atoms with Gasteiger partial charge in [0.1, 0.15) is 5.75 Å². The molecule has 2 amide bonds. The van der Waals surface area contributed by atoms with Gasteiger partial charge in [0, 0.05) is 23.3 Å². The number of Topliss-reactive ketones (excluding diaryl/α,β-unsaturated/α-hetero) is 1. The van der Waals surface area contributed by atoms with Crippen LogP contribution in [0.5, 0.6) is 5.75 Å². The molecule has 0 aromatic heterocycles. The van der Waals surface area contributed by atoms with Crippen molar-refractivity contribution < 1.29 is 19.1 Å². The topological polar surface area (TPSA) is 84.5 Å². The number of benzene rings is 2. The maximum atomic E-state index is 12.0. The summed E-state index contributed by atoms with van der Waals surface area (Å²) in [6.45, 7) is 2.56. The van der Waals surface area contributed by atoms with Crippen molar-refractivity contribution in [2.45, 2.75) is 13.8 Å². The number of amides is 2. The Morgan fingerprint density at radius 1 is 0.960 bits per heavy atom. The van der Waals surface area contributed by atoms with Crippen molar-refractivity contribution in [1.29, 1.82) is 0 Å². The Balaban J connectivity index is 1.95. The molecule has 0 fully saturated rings. The molecule has 0 aliphatic heterocycles. The summed E-state index contributed by atoms with van der Waals surface area (Å²) in [7, 11) is 0. The second-order valence-corrected chi connectivity index (χ2v) is 5.73. The van der Waals surface area contributed by atoms with E-state index in [1.165, 1.54) is 19.9 Å². The summed E-state index contributed by atoms with van der Waals surface area (Å²) in [4.78, 5) is 34.5. The number of hydrogen-bond acceptors (Lipinski definition) is 4. The zero-order valence-corrected chi connectivity index (χ0v) is 14.5. The molecule has 0 spiro atoms. The fourth-order valence-electron chi connectivity index (χ4n) is 2.08. The third-order valence-corrected chi connectivity index (χ3v) is 3.40. The number of carbonyl (C=O) groups is 3. The molecular formula is C18H17ClN2O4. The third-order valence-electron chi connectivity index (χ3n) is 3.17. The largest absolute Gasteiger partial charge is 0.483 e. The smallest absolute Gasteiger partial charge is 0.262 e. The molecule has 2 aromatic rings. The first-order valence-corrected chi connectivity index (χ1v) is 7.84. The average molecular weight is 361 g/mol. The first-order chi connectivity index (χ1) is 11.8. The highest BCUT2D eigenvalue weighted by atomic mass is 35.5. The Morgan fingerprint density at radius 3 is 2.12 bits per heavy atom. The van der Waals surface area contributed by atoms with E-state index in [4.69, 9.17) is 16.3 Å². The molecule has 0 aliphatic carbocycles. The summed E-state index contributed by atoms with van der Waals surface area (Å²) in [6.07, 6.45) is 0. The molecule has 2 aromatic carbocycles. The van der Waals surface area contributed by atoms with Gasteiger partial charge in [0.15, 0.2) is 12.4 Å². The third kappa shape index (κ3) is 5.61. The van der Waals surface area contributed by atoms with E-state index >= 15 is 0 Å². The second-order valence-electron chi connectivity index (χ2n) is 5.29. The Kier molecular flexibility index (Phi) is 6.14. The van der Waals surface area contributed by atoms with E-state index in [0.29, 0.717) is 27.7 Å². The molecular weight excluding hydrogens is 344 g/mol. The fourth-order valence-corrected chi connectivity index (χ4v) is 2.26. The minimum atomic E-state index is -0.378. The summed E-state index contributed by atoms with van der Waals surface area (Å²) >= 11 is 5.86. The molecule has 0 aliphatic rings. The van der Waals surface area contributed by atoms with Crippen molar-refractivity contribution in [3.63, 3.8) is 0 Å². The maximum absolute atomic E-state index is 12.0. The number of rotatable bonds is 6. The van der Waals surface area contributed by atoms with Gasteiger partial charge in [0.2, 0.25) is 5.91 Å². The van der Waals surface area contributed by atoms with Crippen LogP contribution in [0.25, 0.3) is 0 Å². The molecule has 130 valence electrons. The van der Waals surface area contributed by atoms with Crippen molar-refractivity contribution in [2.24, 2.45) is 0 Å². The molecule has 0 heterocycles. The van der Waals surface area contributed by atoms with Gasteiger partial charge in [0.25, 0.3) is 5.91 Å². The van der Waals surface area contributed by atoms with E-state index in [-0.39, 0.29) is 24.2 Å². The zero-order valence-electron chi connectivity index (χ0n) is 13.8. The van der Waals surface area contributed by atoms with Gasteiger partial charge in [-0.2, -0.15) is 0 Å². The predicted octanol–water partition coefficient (Wildman–Crippen LogP) is 3.52. The van der Waals surface area contributed by atoms with E-state index in [1.807, 2.05) is 0 Å². The quantitative estimate of drug-likeness (QED) is 0.772. The molecule has 0 bridgehead atoms. The van der Waals surface area contributed by atoms with Crippen LogP contribution in [0.4, 0.5) is 11.4 Å². The molecule has 7 heteroatoms. The van der Waals surface area contributed by atoms with Gasteiger partial charge in [-0.05, 0) is 49.4 Å². The van der Waals surface area contributed by atoms with E-state index in [1.54, 1.807) is 36.4 Å². The van der Waals surface area contributed by atoms with Crippen molar-refractivity contribution >= 4 is 40.6 Å². The lowest BCUT2D eigenvalue weighted by Gasteiger charge is -2.11. The normalized spacial score (nSPS) is 10.0. The monoisotopic (exact) mass is 360 g/mol. The molecule has 25 heavy (non-hydrogen) atoms. The van der Waals surface area contributed by atoms with Crippen LogP contribution < -0.4 is 15.4 Å². The molecule has 6 nitrogen and oxygen atoms in total. The Labute approximate surface area is 150 Å². The number of carbonyl (C=O) groups excluding carboxylic acids is 3. The van der Waals surface area contributed by atoms with Crippen molar-refractivity contribution in [3.05, 3.63) is 53.1 Å². The maximum Gasteiger partial charge on any atom is 0.262 e. The lowest BCUT2D eigenvalue weighted by molar-refractivity contribution is -0.118. The van der Waals surface area contributed by atoms with Crippen LogP contribution >= 0.6 is 11.6 Å². The van der Waals surface area contributed by atoms with Crippen LogP contribution in [0.15, 0.2) is 42.5 Å². The first kappa shape index (κ1) is 18.5. The number of halogens is 1. The number of hydrogen-bond donors (Lipinski definition) is 2. The lowest BCUT2D eigenvalue weighted by Crippen LogP contribution is -2.20. The molecule has 0 atom stereocenters. The molecule has 2 N–H and O–H groups in total. The number of nitrogens with one attached hydrogen (secondary N) is 2. The summed E-state index contributed by atoms with van der Waals surface area (Å²) < 4.78 is 5.42. The highest BCUT2D eigenvalue weighted by Crippen LogP contribution is 2.23. The minimum Gasteiger partial charge on any atom is -0.483 e. The van der Waals surface area contributed by atoms with Gasteiger partial charge < -0.3 is 15.4 Å². The minimum absolute atomic E-state index is 0.172. The predicted molar refractivity (Wildman–Crippen MR) is 96.3 cm³/mol. The number of anilines is 2. The summed E-state index contributed by atoms with van der Waals surface area (Å²) in [6, 6.07) is 11.3. The van der Waals surface area contributed by atoms with Gasteiger partial charge in [-0.3, -0.25) is 14.4 Å². The Hall–Kier alpha value is -2.86. The Morgan fingerprint density at radius 2 is 1.56 bits per heavy atom. The molecule has 0 unspecified atom stereocenters. The summed E-state index contributed by atoms with van der Waals surface area (Å²) in [5.74, 6) is -0.453. The zero-order chi connectivity index (χ0) is 18.4. The highest BCUT2D eigenvalue weighted by Gasteiger charge is 2.11. The van der Waals surface area contributed by atoms with Gasteiger partial charge in [-0.1, -0.05) is 11.6 Å². The highest BCUT2D eigenvalue weighted by molar-refractivity contribution is 6.31. The van der Waals surface area contributed by atoms with E-state index in [0.717, 1.165) is 0 Å². The molecule has 0 saturated heterocycles. The van der Waals surface area contributed by atoms with Crippen LogP contribution in [0, 0.1) is 0 Å². The number of ketones is 1. The van der Waals surface area contributed by atoms with Crippen molar-refractivity contribution in [2.75, 3.05) is 17.2 Å². The van der Waals surface area contributed by atoms with Crippen LogP contribution in [-0.4, -0.2) is 24.2 Å². The van der Waals surface area contributed by atoms with Crippen molar-refractivity contribution in [3.8, 4) is 5.75 Å². The summed E-state index contributed by atoms with van der Waals surface area (Å²) in [5, 5.41) is 5.72. The molecule has 0 saturated carbocycles. The van der Waals surface area contributed by atoms with Gasteiger partial charge in [-0.15, -0.1) is 0 Å². The van der Waals surface area contributed by atoms with Crippen LogP contribution in [-0.2, 0) is 9.59 Å². The van der Waals surface area contributed by atoms with Crippen LogP contribution in [0.1, 0.15) is 24.2 Å².